The monoisotopic (exact) mass is 587 g/mol. The lowest BCUT2D eigenvalue weighted by Crippen LogP contribution is -1.92. The Morgan fingerprint density at radius 2 is 0.844 bits per heavy atom. The van der Waals surface area contributed by atoms with Crippen molar-refractivity contribution in [1.82, 2.24) is 0 Å². The Labute approximate surface area is 282 Å². The first kappa shape index (κ1) is 14.7. The molecule has 0 aliphatic carbocycles. The van der Waals surface area contributed by atoms with Crippen LogP contribution in [0.15, 0.2) is 174 Å². The molecule has 0 saturated heterocycles. The van der Waals surface area contributed by atoms with E-state index in [0.717, 1.165) is 11.1 Å². The number of benzene rings is 8. The molecule has 0 radical (unpaired) electrons. The van der Waals surface area contributed by atoms with Crippen LogP contribution in [0.1, 0.15) is 20.6 Å². The maximum absolute atomic E-state index is 9.48. The maximum Gasteiger partial charge on any atom is 0.143 e. The fourth-order valence-corrected chi connectivity index (χ4v) is 6.03. The van der Waals surface area contributed by atoms with Crippen LogP contribution in [0.3, 0.4) is 0 Å². The summed E-state index contributed by atoms with van der Waals surface area (Å²) in [6.45, 7) is 0. The van der Waals surface area contributed by atoms with E-state index in [1.807, 2.05) is 66.7 Å². The molecule has 1 nitrogen and oxygen atoms in total. The Morgan fingerprint density at radius 1 is 0.378 bits per heavy atom. The van der Waals surface area contributed by atoms with E-state index >= 15 is 0 Å². The lowest BCUT2D eigenvalue weighted by Gasteiger charge is -2.19. The zero-order valence-electron chi connectivity index (χ0n) is 38.4. The highest BCUT2D eigenvalue weighted by molar-refractivity contribution is 6.24. The lowest BCUT2D eigenvalue weighted by atomic mass is 9.84. The van der Waals surface area contributed by atoms with Crippen LogP contribution in [0.2, 0.25) is 0 Å². The van der Waals surface area contributed by atoms with Crippen molar-refractivity contribution >= 4 is 43.5 Å². The first-order chi connectivity index (χ1) is 28.6. The summed E-state index contributed by atoms with van der Waals surface area (Å²) in [6, 6.07) is 14.7. The van der Waals surface area contributed by atoms with Crippen molar-refractivity contribution in [3.05, 3.63) is 169 Å². The topological polar surface area (TPSA) is 13.1 Å². The summed E-state index contributed by atoms with van der Waals surface area (Å²) in [5.41, 5.74) is 1.88. The minimum atomic E-state index is -0.720. The molecule has 0 aliphatic rings. The lowest BCUT2D eigenvalue weighted by molar-refractivity contribution is 0.670. The van der Waals surface area contributed by atoms with Gasteiger partial charge in [0.25, 0.3) is 0 Å². The van der Waals surface area contributed by atoms with Gasteiger partial charge >= 0.3 is 0 Å². The highest BCUT2D eigenvalue weighted by Crippen LogP contribution is 2.47. The largest absolute Gasteiger partial charge is 0.455 e. The number of hydrogen-bond acceptors (Lipinski definition) is 1. The van der Waals surface area contributed by atoms with E-state index in [-0.39, 0.29) is 43.4 Å². The average molecular weight is 588 g/mol. The van der Waals surface area contributed by atoms with Gasteiger partial charge in [-0.05, 0) is 79.2 Å². The molecule has 0 aliphatic heterocycles. The molecule has 8 aromatic carbocycles. The van der Waals surface area contributed by atoms with Gasteiger partial charge in [-0.1, -0.05) is 145 Å². The molecule has 9 rings (SSSR count). The molecule has 0 fully saturated rings. The highest BCUT2D eigenvalue weighted by Gasteiger charge is 2.20. The summed E-state index contributed by atoms with van der Waals surface area (Å²) in [6.07, 6.45) is 0. The molecule has 0 atom stereocenters. The summed E-state index contributed by atoms with van der Waals surface area (Å²) >= 11 is 0. The van der Waals surface area contributed by atoms with Crippen LogP contribution in [-0.2, 0) is 0 Å². The minimum absolute atomic E-state index is 0.0490. The number of rotatable bonds is 4. The van der Waals surface area contributed by atoms with Crippen molar-refractivity contribution in [1.29, 1.82) is 0 Å². The summed E-state index contributed by atoms with van der Waals surface area (Å²) in [5.74, 6) is 0. The van der Waals surface area contributed by atoms with E-state index < -0.39 is 107 Å². The van der Waals surface area contributed by atoms with Gasteiger partial charge in [0, 0.05) is 21.9 Å². The summed E-state index contributed by atoms with van der Waals surface area (Å²) in [5, 5.41) is -1.39. The third-order valence-electron chi connectivity index (χ3n) is 8.00. The van der Waals surface area contributed by atoms with E-state index in [0.29, 0.717) is 16.7 Å². The van der Waals surface area contributed by atoms with Gasteiger partial charge in [-0.3, -0.25) is 0 Å². The summed E-state index contributed by atoms with van der Waals surface area (Å²) in [4.78, 5) is 0. The van der Waals surface area contributed by atoms with Crippen molar-refractivity contribution in [3.8, 4) is 44.5 Å². The van der Waals surface area contributed by atoms with Crippen LogP contribution in [0.25, 0.3) is 88.0 Å². The van der Waals surface area contributed by atoms with Crippen LogP contribution >= 0.6 is 0 Å². The normalized spacial score (nSPS) is 16.2. The molecule has 210 valence electrons. The molecular formula is C44H28O. The van der Waals surface area contributed by atoms with Gasteiger partial charge in [-0.2, -0.15) is 0 Å². The Balaban J connectivity index is 1.60. The molecule has 0 amide bonds. The molecule has 1 heteroatoms. The van der Waals surface area contributed by atoms with Gasteiger partial charge in [0.2, 0.25) is 0 Å². The molecule has 0 unspecified atom stereocenters. The smallest absolute Gasteiger partial charge is 0.143 e. The average Bonchev–Trinajstić information content (AvgIpc) is 3.67. The van der Waals surface area contributed by atoms with Crippen LogP contribution in [-0.4, -0.2) is 0 Å². The van der Waals surface area contributed by atoms with Crippen molar-refractivity contribution in [3.63, 3.8) is 0 Å². The quantitative estimate of drug-likeness (QED) is 0.187. The standard InChI is InChI=1S/C44H28O/c1-3-14-29(15-4-1)31-26-32(30-16-5-2-6-17-30)28-33(27-31)42-35-19-7-9-21-37(35)43(38-22-10-8-20-36(38)42)40-24-13-23-39-34-18-11-12-25-41(34)45-44(39)40/h1-28H/i7D,8D,9D,10D,11D,12D,13D,18D,19D,20D,21D,22D,23D,24D,25D. The molecule has 0 spiro atoms. The third kappa shape index (κ3) is 4.17. The first-order valence-corrected chi connectivity index (χ1v) is 14.2. The predicted octanol–water partition coefficient (Wildman–Crippen LogP) is 12.6. The van der Waals surface area contributed by atoms with Crippen molar-refractivity contribution < 1.29 is 25.0 Å². The van der Waals surface area contributed by atoms with Gasteiger partial charge < -0.3 is 4.42 Å². The molecule has 1 heterocycles. The Bertz CT molecular complexity index is 3220. The predicted molar refractivity (Wildman–Crippen MR) is 190 cm³/mol. The molecule has 45 heavy (non-hydrogen) atoms. The number of fused-ring (bicyclic) bond motifs is 5. The van der Waals surface area contributed by atoms with E-state index in [9.17, 15) is 6.85 Å². The SMILES string of the molecule is [2H]c1c([2H])c([2H])c2c(oc3c(-c4c5c([2H])c([2H])c([2H])c([2H])c5c(-c5cc(-c6ccccc6)cc(-c6ccccc6)c5)c5c([2H])c([2H])c([2H])c([2H])c45)c([2H])c([2H])c([2H])c32)c1[2H]. The van der Waals surface area contributed by atoms with Crippen molar-refractivity contribution in [2.24, 2.45) is 0 Å². The zero-order chi connectivity index (χ0) is 42.8. The first-order valence-electron chi connectivity index (χ1n) is 21.7. The van der Waals surface area contributed by atoms with Gasteiger partial charge in [0.05, 0.1) is 20.6 Å². The molecular weight excluding hydrogens is 544 g/mol. The highest BCUT2D eigenvalue weighted by atomic mass is 16.3. The second-order valence-electron chi connectivity index (χ2n) is 10.5. The van der Waals surface area contributed by atoms with Gasteiger partial charge in [-0.25, -0.2) is 0 Å². The van der Waals surface area contributed by atoms with Crippen LogP contribution in [0.4, 0.5) is 0 Å². The molecule has 0 saturated carbocycles. The van der Waals surface area contributed by atoms with E-state index in [2.05, 4.69) is 0 Å². The van der Waals surface area contributed by atoms with E-state index in [1.54, 1.807) is 12.1 Å². The third-order valence-corrected chi connectivity index (χ3v) is 8.00. The van der Waals surface area contributed by atoms with Crippen molar-refractivity contribution in [2.75, 3.05) is 0 Å². The second-order valence-corrected chi connectivity index (χ2v) is 10.5. The van der Waals surface area contributed by atoms with Crippen LogP contribution < -0.4 is 0 Å². The van der Waals surface area contributed by atoms with Crippen LogP contribution in [0, 0.1) is 0 Å². The number of hydrogen-bond donors (Lipinski definition) is 0. The fourth-order valence-electron chi connectivity index (χ4n) is 6.03. The Kier molecular flexibility index (Phi) is 3.39. The summed E-state index contributed by atoms with van der Waals surface area (Å²) in [7, 11) is 0. The minimum Gasteiger partial charge on any atom is -0.455 e. The maximum atomic E-state index is 9.48. The Morgan fingerprint density at radius 3 is 1.42 bits per heavy atom. The van der Waals surface area contributed by atoms with Crippen LogP contribution in [0.5, 0.6) is 0 Å². The Hall–Kier alpha value is -5.92. The molecule has 9 aromatic rings. The number of furan rings is 1. The fraction of sp³-hybridized carbons (Fsp3) is 0. The van der Waals surface area contributed by atoms with E-state index in [4.69, 9.17) is 18.1 Å². The number of para-hydroxylation sites is 2. The van der Waals surface area contributed by atoms with Gasteiger partial charge in [0.15, 0.2) is 0 Å². The summed E-state index contributed by atoms with van der Waals surface area (Å²) < 4.78 is 141. The second kappa shape index (κ2) is 10.4. The zero-order valence-corrected chi connectivity index (χ0v) is 23.4. The molecule has 0 bridgehead atoms. The molecule has 1 aromatic heterocycles. The van der Waals surface area contributed by atoms with Crippen molar-refractivity contribution in [2.45, 2.75) is 0 Å². The van der Waals surface area contributed by atoms with E-state index in [1.165, 1.54) is 0 Å². The molecule has 0 N–H and O–H groups in total. The van der Waals surface area contributed by atoms with Gasteiger partial charge in [0.1, 0.15) is 11.2 Å². The van der Waals surface area contributed by atoms with Gasteiger partial charge in [-0.15, -0.1) is 0 Å².